The topological polar surface area (TPSA) is 54.5 Å². The van der Waals surface area contributed by atoms with E-state index in [1.165, 1.54) is 19.4 Å². The van der Waals surface area contributed by atoms with Gasteiger partial charge in [-0.15, -0.1) is 0 Å². The van der Waals surface area contributed by atoms with Crippen LogP contribution in [0, 0.1) is 0 Å². The number of likely N-dealkylation sites (tertiary alicyclic amines) is 1. The molecule has 0 aromatic heterocycles. The van der Waals surface area contributed by atoms with Crippen molar-refractivity contribution in [2.75, 3.05) is 50.8 Å². The van der Waals surface area contributed by atoms with Crippen molar-refractivity contribution in [2.45, 2.75) is 64.3 Å². The second-order valence-corrected chi connectivity index (χ2v) is 9.30. The second-order valence-electron chi connectivity index (χ2n) is 9.30. The molecule has 31 heavy (non-hydrogen) atoms. The van der Waals surface area contributed by atoms with Gasteiger partial charge in [0, 0.05) is 37.9 Å². The van der Waals surface area contributed by atoms with Crippen molar-refractivity contribution < 1.29 is 19.0 Å². The zero-order valence-electron chi connectivity index (χ0n) is 19.2. The van der Waals surface area contributed by atoms with Gasteiger partial charge in [-0.1, -0.05) is 0 Å². The van der Waals surface area contributed by atoms with Crippen LogP contribution in [0.5, 0.6) is 5.75 Å². The predicted octanol–water partition coefficient (Wildman–Crippen LogP) is 3.37. The molecule has 172 valence electrons. The molecule has 1 aromatic rings. The highest BCUT2D eigenvalue weighted by atomic mass is 16.6. The molecular weight excluding hydrogens is 394 g/mol. The maximum Gasteiger partial charge on any atom is 0.414 e. The number of carbonyl (C=O) groups excluding carboxylic acids is 1. The van der Waals surface area contributed by atoms with Crippen LogP contribution in [-0.2, 0) is 9.47 Å². The summed E-state index contributed by atoms with van der Waals surface area (Å²) in [5.74, 6) is 0.846. The second kappa shape index (κ2) is 10.2. The molecule has 0 N–H and O–H groups in total. The van der Waals surface area contributed by atoms with Gasteiger partial charge >= 0.3 is 6.09 Å². The highest BCUT2D eigenvalue weighted by molar-refractivity contribution is 5.90. The fourth-order valence-corrected chi connectivity index (χ4v) is 5.13. The normalized spacial score (nSPS) is 30.0. The Morgan fingerprint density at radius 1 is 1.10 bits per heavy atom. The SMILES string of the molecule is CC1CN(C[C@@H]2COC(=O)N2c2ccc(OCCCN3CCCC3C)cc2)CC(C)O1. The third kappa shape index (κ3) is 5.70. The summed E-state index contributed by atoms with van der Waals surface area (Å²) in [7, 11) is 0. The van der Waals surface area contributed by atoms with E-state index >= 15 is 0 Å². The standard InChI is InChI=1S/C24H37N3O4/c1-18-6-4-11-26(18)12-5-13-29-23-9-7-21(8-10-23)27-22(17-30-24(27)28)16-25-14-19(2)31-20(3)15-25/h7-10,18-20,22H,4-6,11-17H2,1-3H3/t18?,19?,20?,22-/m1/s1. The number of anilines is 1. The number of amides is 1. The first-order chi connectivity index (χ1) is 15.0. The first-order valence-corrected chi connectivity index (χ1v) is 11.8. The van der Waals surface area contributed by atoms with Gasteiger partial charge in [-0.25, -0.2) is 4.79 Å². The third-order valence-corrected chi connectivity index (χ3v) is 6.59. The summed E-state index contributed by atoms with van der Waals surface area (Å²) in [4.78, 5) is 19.1. The van der Waals surface area contributed by atoms with E-state index in [9.17, 15) is 4.79 Å². The summed E-state index contributed by atoms with van der Waals surface area (Å²) >= 11 is 0. The van der Waals surface area contributed by atoms with E-state index in [0.717, 1.165) is 44.0 Å². The largest absolute Gasteiger partial charge is 0.494 e. The molecule has 3 aliphatic rings. The molecule has 7 nitrogen and oxygen atoms in total. The Bertz CT molecular complexity index is 718. The van der Waals surface area contributed by atoms with E-state index in [0.29, 0.717) is 19.3 Å². The molecule has 1 amide bonds. The molecule has 3 aliphatic heterocycles. The lowest BCUT2D eigenvalue weighted by molar-refractivity contribution is -0.0692. The highest BCUT2D eigenvalue weighted by Crippen LogP contribution is 2.27. The summed E-state index contributed by atoms with van der Waals surface area (Å²) in [5, 5.41) is 0. The van der Waals surface area contributed by atoms with E-state index in [4.69, 9.17) is 14.2 Å². The number of carbonyl (C=O) groups is 1. The number of benzene rings is 1. The van der Waals surface area contributed by atoms with E-state index in [1.54, 1.807) is 4.90 Å². The zero-order valence-corrected chi connectivity index (χ0v) is 19.2. The number of ether oxygens (including phenoxy) is 3. The van der Waals surface area contributed by atoms with E-state index in [-0.39, 0.29) is 24.3 Å². The minimum Gasteiger partial charge on any atom is -0.494 e. The lowest BCUT2D eigenvalue weighted by atomic mass is 10.1. The van der Waals surface area contributed by atoms with Crippen molar-refractivity contribution in [3.63, 3.8) is 0 Å². The Balaban J connectivity index is 1.28. The van der Waals surface area contributed by atoms with Crippen molar-refractivity contribution in [3.8, 4) is 5.75 Å². The van der Waals surface area contributed by atoms with E-state index in [2.05, 4.69) is 30.6 Å². The maximum absolute atomic E-state index is 12.4. The maximum atomic E-state index is 12.4. The van der Waals surface area contributed by atoms with Gasteiger partial charge in [0.05, 0.1) is 24.9 Å². The van der Waals surface area contributed by atoms with Crippen molar-refractivity contribution >= 4 is 11.8 Å². The minimum absolute atomic E-state index is 0.0132. The molecule has 0 aliphatic carbocycles. The summed E-state index contributed by atoms with van der Waals surface area (Å²) in [6.45, 7) is 12.5. The fourth-order valence-electron chi connectivity index (χ4n) is 5.13. The van der Waals surface area contributed by atoms with Gasteiger partial charge in [-0.05, 0) is 70.8 Å². The van der Waals surface area contributed by atoms with Crippen LogP contribution in [0.25, 0.3) is 0 Å². The van der Waals surface area contributed by atoms with Crippen LogP contribution in [0.4, 0.5) is 10.5 Å². The average molecular weight is 432 g/mol. The molecule has 0 bridgehead atoms. The first kappa shape index (κ1) is 22.4. The number of hydrogen-bond acceptors (Lipinski definition) is 6. The number of rotatable bonds is 8. The average Bonchev–Trinajstić information content (AvgIpc) is 3.30. The molecule has 4 atom stereocenters. The first-order valence-electron chi connectivity index (χ1n) is 11.8. The third-order valence-electron chi connectivity index (χ3n) is 6.59. The van der Waals surface area contributed by atoms with Gasteiger partial charge in [-0.2, -0.15) is 0 Å². The molecule has 0 saturated carbocycles. The van der Waals surface area contributed by atoms with Crippen LogP contribution in [0.15, 0.2) is 24.3 Å². The molecule has 4 rings (SSSR count). The van der Waals surface area contributed by atoms with Gasteiger partial charge in [0.25, 0.3) is 0 Å². The molecule has 3 unspecified atom stereocenters. The lowest BCUT2D eigenvalue weighted by Crippen LogP contribution is -2.51. The minimum atomic E-state index is -0.271. The van der Waals surface area contributed by atoms with Crippen LogP contribution < -0.4 is 9.64 Å². The van der Waals surface area contributed by atoms with Gasteiger partial charge < -0.3 is 19.1 Å². The van der Waals surface area contributed by atoms with Crippen LogP contribution in [0.2, 0.25) is 0 Å². The smallest absolute Gasteiger partial charge is 0.414 e. The fraction of sp³-hybridized carbons (Fsp3) is 0.708. The van der Waals surface area contributed by atoms with Gasteiger partial charge in [0.1, 0.15) is 12.4 Å². The molecule has 0 radical (unpaired) electrons. The molecule has 7 heteroatoms. The summed E-state index contributed by atoms with van der Waals surface area (Å²) in [6.07, 6.45) is 3.80. The summed E-state index contributed by atoms with van der Waals surface area (Å²) in [6, 6.07) is 8.55. The predicted molar refractivity (Wildman–Crippen MR) is 121 cm³/mol. The molecule has 0 spiro atoms. The van der Waals surface area contributed by atoms with Crippen molar-refractivity contribution in [1.29, 1.82) is 0 Å². The Hall–Kier alpha value is -1.83. The Kier molecular flexibility index (Phi) is 7.35. The molecule has 1 aromatic carbocycles. The van der Waals surface area contributed by atoms with Crippen LogP contribution in [0.1, 0.15) is 40.0 Å². The molecule has 3 fully saturated rings. The highest BCUT2D eigenvalue weighted by Gasteiger charge is 2.36. The number of hydrogen-bond donors (Lipinski definition) is 0. The van der Waals surface area contributed by atoms with Gasteiger partial charge in [0.15, 0.2) is 0 Å². The van der Waals surface area contributed by atoms with Gasteiger partial charge in [-0.3, -0.25) is 9.80 Å². The van der Waals surface area contributed by atoms with Crippen molar-refractivity contribution in [1.82, 2.24) is 9.80 Å². The van der Waals surface area contributed by atoms with Crippen LogP contribution >= 0.6 is 0 Å². The Morgan fingerprint density at radius 2 is 1.84 bits per heavy atom. The Morgan fingerprint density at radius 3 is 2.52 bits per heavy atom. The van der Waals surface area contributed by atoms with Crippen LogP contribution in [0.3, 0.4) is 0 Å². The summed E-state index contributed by atoms with van der Waals surface area (Å²) in [5.41, 5.74) is 0.861. The molecule has 3 heterocycles. The molecule has 3 saturated heterocycles. The quantitative estimate of drug-likeness (QED) is 0.588. The van der Waals surface area contributed by atoms with Gasteiger partial charge in [0.2, 0.25) is 0 Å². The van der Waals surface area contributed by atoms with Crippen molar-refractivity contribution in [3.05, 3.63) is 24.3 Å². The summed E-state index contributed by atoms with van der Waals surface area (Å²) < 4.78 is 17.2. The monoisotopic (exact) mass is 431 g/mol. The Labute approximate surface area is 186 Å². The van der Waals surface area contributed by atoms with E-state index in [1.807, 2.05) is 24.3 Å². The number of cyclic esters (lactones) is 1. The van der Waals surface area contributed by atoms with Crippen molar-refractivity contribution in [2.24, 2.45) is 0 Å². The molecular formula is C24H37N3O4. The number of nitrogens with zero attached hydrogens (tertiary/aromatic N) is 3. The van der Waals surface area contributed by atoms with Crippen LogP contribution in [-0.4, -0.2) is 86.1 Å². The lowest BCUT2D eigenvalue weighted by Gasteiger charge is -2.37. The number of morpholine rings is 1. The van der Waals surface area contributed by atoms with E-state index < -0.39 is 0 Å². The zero-order chi connectivity index (χ0) is 21.8.